The van der Waals surface area contributed by atoms with Crippen LogP contribution in [-0.4, -0.2) is 26.0 Å². The van der Waals surface area contributed by atoms with Crippen LogP contribution in [0.15, 0.2) is 18.2 Å². The van der Waals surface area contributed by atoms with E-state index in [1.54, 1.807) is 25.1 Å². The number of nitrogens with two attached hydrogens (primary N) is 1. The number of rotatable bonds is 7. The molecule has 0 fully saturated rings. The number of halogens is 4. The molecule has 0 aliphatic heterocycles. The van der Waals surface area contributed by atoms with E-state index in [4.69, 9.17) is 22.1 Å². The van der Waals surface area contributed by atoms with E-state index in [9.17, 15) is 13.2 Å². The average Bonchev–Trinajstić information content (AvgIpc) is 2.33. The number of benzene rings is 1. The second-order valence-corrected chi connectivity index (χ2v) is 4.78. The molecule has 0 spiro atoms. The van der Waals surface area contributed by atoms with Gasteiger partial charge in [-0.2, -0.15) is 13.2 Å². The number of alkyl halides is 3. The van der Waals surface area contributed by atoms with Gasteiger partial charge < -0.3 is 15.2 Å². The summed E-state index contributed by atoms with van der Waals surface area (Å²) in [6, 6.07) is 4.83. The van der Waals surface area contributed by atoms with Gasteiger partial charge in [0.1, 0.15) is 12.4 Å². The van der Waals surface area contributed by atoms with E-state index in [2.05, 4.69) is 4.74 Å². The lowest BCUT2D eigenvalue weighted by atomic mass is 10.1. The molecule has 0 saturated carbocycles. The molecule has 0 heterocycles. The molecule has 0 aromatic heterocycles. The second kappa shape index (κ2) is 7.71. The van der Waals surface area contributed by atoms with Gasteiger partial charge in [0.2, 0.25) is 0 Å². The molecule has 1 aromatic rings. The van der Waals surface area contributed by atoms with Crippen molar-refractivity contribution >= 4 is 11.6 Å². The van der Waals surface area contributed by atoms with Crippen LogP contribution in [0.4, 0.5) is 13.2 Å². The van der Waals surface area contributed by atoms with Gasteiger partial charge in [0, 0.05) is 23.0 Å². The third kappa shape index (κ3) is 6.45. The summed E-state index contributed by atoms with van der Waals surface area (Å²) in [5, 5.41) is 0.554. The van der Waals surface area contributed by atoms with Crippen molar-refractivity contribution in [2.24, 2.45) is 5.73 Å². The van der Waals surface area contributed by atoms with Crippen molar-refractivity contribution in [3.8, 4) is 5.75 Å². The highest BCUT2D eigenvalue weighted by atomic mass is 35.5. The summed E-state index contributed by atoms with van der Waals surface area (Å²) in [5.74, 6) is 0.584. The standard InChI is InChI=1S/C13H17ClF3NO2/c1-9(18)11-7-10(14)3-4-12(11)20-6-2-5-19-8-13(15,16)17/h3-4,7,9H,2,5-6,8,18H2,1H3/t9-/m1/s1. The molecular formula is C13H17ClF3NO2. The van der Waals surface area contributed by atoms with E-state index in [1.807, 2.05) is 0 Å². The van der Waals surface area contributed by atoms with Gasteiger partial charge in [-0.1, -0.05) is 11.6 Å². The lowest BCUT2D eigenvalue weighted by Crippen LogP contribution is -2.18. The molecule has 1 atom stereocenters. The zero-order valence-electron chi connectivity index (χ0n) is 11.0. The van der Waals surface area contributed by atoms with Crippen LogP contribution in [0.2, 0.25) is 5.02 Å². The zero-order valence-corrected chi connectivity index (χ0v) is 11.8. The summed E-state index contributed by atoms with van der Waals surface area (Å²) in [6.07, 6.45) is -3.93. The maximum absolute atomic E-state index is 11.8. The Bertz CT molecular complexity index is 425. The van der Waals surface area contributed by atoms with Gasteiger partial charge >= 0.3 is 6.18 Å². The van der Waals surface area contributed by atoms with Crippen LogP contribution in [0.5, 0.6) is 5.75 Å². The first-order chi connectivity index (χ1) is 9.29. The summed E-state index contributed by atoms with van der Waals surface area (Å²) in [4.78, 5) is 0. The van der Waals surface area contributed by atoms with Crippen molar-refractivity contribution in [2.75, 3.05) is 19.8 Å². The van der Waals surface area contributed by atoms with E-state index < -0.39 is 12.8 Å². The van der Waals surface area contributed by atoms with E-state index in [1.165, 1.54) is 0 Å². The highest BCUT2D eigenvalue weighted by Gasteiger charge is 2.27. The molecular weight excluding hydrogens is 295 g/mol. The van der Waals surface area contributed by atoms with Crippen molar-refractivity contribution in [3.63, 3.8) is 0 Å². The summed E-state index contributed by atoms with van der Waals surface area (Å²) in [6.45, 7) is 0.795. The van der Waals surface area contributed by atoms with E-state index in [0.29, 0.717) is 17.2 Å². The predicted molar refractivity (Wildman–Crippen MR) is 71.0 cm³/mol. The lowest BCUT2D eigenvalue weighted by molar-refractivity contribution is -0.174. The van der Waals surface area contributed by atoms with E-state index >= 15 is 0 Å². The Morgan fingerprint density at radius 1 is 1.30 bits per heavy atom. The molecule has 3 nitrogen and oxygen atoms in total. The minimum Gasteiger partial charge on any atom is -0.493 e. The molecule has 0 saturated heterocycles. The zero-order chi connectivity index (χ0) is 15.2. The Kier molecular flexibility index (Phi) is 6.58. The SMILES string of the molecule is C[C@@H](N)c1cc(Cl)ccc1OCCCOCC(F)(F)F. The topological polar surface area (TPSA) is 44.5 Å². The summed E-state index contributed by atoms with van der Waals surface area (Å²) in [7, 11) is 0. The van der Waals surface area contributed by atoms with Gasteiger partial charge in [0.25, 0.3) is 0 Å². The predicted octanol–water partition coefficient (Wildman–Crippen LogP) is 3.71. The van der Waals surface area contributed by atoms with Gasteiger partial charge in [-0.15, -0.1) is 0 Å². The van der Waals surface area contributed by atoms with Gasteiger partial charge in [0.15, 0.2) is 0 Å². The summed E-state index contributed by atoms with van der Waals surface area (Å²) < 4.78 is 45.4. The first-order valence-corrected chi connectivity index (χ1v) is 6.49. The van der Waals surface area contributed by atoms with Gasteiger partial charge in [-0.25, -0.2) is 0 Å². The highest BCUT2D eigenvalue weighted by molar-refractivity contribution is 6.30. The monoisotopic (exact) mass is 311 g/mol. The molecule has 1 rings (SSSR count). The van der Waals surface area contributed by atoms with Crippen LogP contribution in [-0.2, 0) is 4.74 Å². The van der Waals surface area contributed by atoms with Crippen LogP contribution in [0.1, 0.15) is 24.9 Å². The van der Waals surface area contributed by atoms with Crippen LogP contribution >= 0.6 is 11.6 Å². The van der Waals surface area contributed by atoms with Crippen LogP contribution in [0.3, 0.4) is 0 Å². The fourth-order valence-corrected chi connectivity index (χ4v) is 1.72. The second-order valence-electron chi connectivity index (χ2n) is 4.34. The fraction of sp³-hybridized carbons (Fsp3) is 0.538. The molecule has 0 unspecified atom stereocenters. The fourth-order valence-electron chi connectivity index (χ4n) is 1.54. The molecule has 0 bridgehead atoms. The van der Waals surface area contributed by atoms with Gasteiger partial charge in [0.05, 0.1) is 13.2 Å². The molecule has 1 aromatic carbocycles. The molecule has 7 heteroatoms. The van der Waals surface area contributed by atoms with Crippen LogP contribution in [0.25, 0.3) is 0 Å². The minimum absolute atomic E-state index is 0.0133. The van der Waals surface area contributed by atoms with Crippen molar-refractivity contribution in [1.82, 2.24) is 0 Å². The van der Waals surface area contributed by atoms with Gasteiger partial charge in [-0.3, -0.25) is 0 Å². The average molecular weight is 312 g/mol. The maximum atomic E-state index is 11.8. The summed E-state index contributed by atoms with van der Waals surface area (Å²) in [5.41, 5.74) is 6.55. The number of ether oxygens (including phenoxy) is 2. The summed E-state index contributed by atoms with van der Waals surface area (Å²) >= 11 is 5.87. The molecule has 0 aliphatic rings. The molecule has 0 amide bonds. The molecule has 0 radical (unpaired) electrons. The smallest absolute Gasteiger partial charge is 0.411 e. The molecule has 114 valence electrons. The Morgan fingerprint density at radius 2 is 2.00 bits per heavy atom. The Labute approximate surface area is 120 Å². The third-order valence-electron chi connectivity index (χ3n) is 2.42. The van der Waals surface area contributed by atoms with Crippen molar-refractivity contribution in [2.45, 2.75) is 25.6 Å². The normalized spacial score (nSPS) is 13.3. The minimum atomic E-state index is -4.29. The quantitative estimate of drug-likeness (QED) is 0.781. The molecule has 2 N–H and O–H groups in total. The van der Waals surface area contributed by atoms with Crippen molar-refractivity contribution in [3.05, 3.63) is 28.8 Å². The highest BCUT2D eigenvalue weighted by Crippen LogP contribution is 2.27. The molecule has 20 heavy (non-hydrogen) atoms. The first-order valence-electron chi connectivity index (χ1n) is 6.12. The lowest BCUT2D eigenvalue weighted by Gasteiger charge is -2.14. The van der Waals surface area contributed by atoms with Crippen LogP contribution < -0.4 is 10.5 Å². The van der Waals surface area contributed by atoms with Crippen molar-refractivity contribution in [1.29, 1.82) is 0 Å². The molecule has 0 aliphatic carbocycles. The Hall–Kier alpha value is -0.980. The Morgan fingerprint density at radius 3 is 2.60 bits per heavy atom. The van der Waals surface area contributed by atoms with Crippen molar-refractivity contribution < 1.29 is 22.6 Å². The third-order valence-corrected chi connectivity index (χ3v) is 2.65. The number of hydrogen-bond donors (Lipinski definition) is 1. The van der Waals surface area contributed by atoms with Gasteiger partial charge in [-0.05, 0) is 25.1 Å². The van der Waals surface area contributed by atoms with E-state index in [0.717, 1.165) is 5.56 Å². The Balaban J connectivity index is 2.35. The van der Waals surface area contributed by atoms with E-state index in [-0.39, 0.29) is 19.3 Å². The first kappa shape index (κ1) is 17.1. The van der Waals surface area contributed by atoms with Crippen LogP contribution in [0, 0.1) is 0 Å². The maximum Gasteiger partial charge on any atom is 0.411 e. The largest absolute Gasteiger partial charge is 0.493 e. The number of hydrogen-bond acceptors (Lipinski definition) is 3.